The van der Waals surface area contributed by atoms with Gasteiger partial charge in [-0.3, -0.25) is 0 Å². The second-order valence-electron chi connectivity index (χ2n) is 5.04. The number of imidazole rings is 1. The summed E-state index contributed by atoms with van der Waals surface area (Å²) in [6.45, 7) is 2.92. The molecule has 0 aliphatic carbocycles. The van der Waals surface area contributed by atoms with E-state index in [1.165, 1.54) is 5.69 Å². The van der Waals surface area contributed by atoms with Gasteiger partial charge in [-0.15, -0.1) is 0 Å². The van der Waals surface area contributed by atoms with Crippen LogP contribution in [0.4, 0.5) is 5.69 Å². The predicted molar refractivity (Wildman–Crippen MR) is 76.2 cm³/mol. The average Bonchev–Trinajstić information content (AvgIpc) is 3.08. The van der Waals surface area contributed by atoms with E-state index < -0.39 is 5.97 Å². The van der Waals surface area contributed by atoms with Gasteiger partial charge in [-0.25, -0.2) is 9.78 Å². The number of fused-ring (bicyclic) bond motifs is 1. The first kappa shape index (κ1) is 12.7. The van der Waals surface area contributed by atoms with Crippen LogP contribution in [0.3, 0.4) is 0 Å². The minimum Gasteiger partial charge on any atom is -0.478 e. The molecule has 1 aromatic heterocycles. The Bertz CT molecular complexity index is 608. The number of carbonyl (C=O) groups is 1. The van der Waals surface area contributed by atoms with Crippen molar-refractivity contribution < 1.29 is 9.90 Å². The molecule has 0 unspecified atom stereocenters. The Labute approximate surface area is 117 Å². The number of anilines is 1. The van der Waals surface area contributed by atoms with Crippen molar-refractivity contribution in [2.45, 2.75) is 19.4 Å². The van der Waals surface area contributed by atoms with Gasteiger partial charge in [-0.05, 0) is 36.6 Å². The van der Waals surface area contributed by atoms with Crippen LogP contribution in [0.1, 0.15) is 22.3 Å². The van der Waals surface area contributed by atoms with Crippen LogP contribution >= 0.6 is 0 Å². The minimum absolute atomic E-state index is 0.379. The number of nitrogens with zero attached hydrogens (tertiary/aromatic N) is 3. The molecular weight excluding hydrogens is 254 g/mol. The summed E-state index contributed by atoms with van der Waals surface area (Å²) in [6.07, 6.45) is 7.57. The third-order valence-corrected chi connectivity index (χ3v) is 3.72. The molecule has 2 aromatic rings. The summed E-state index contributed by atoms with van der Waals surface area (Å²) < 4.78 is 2.07. The molecule has 1 aromatic carbocycles. The van der Waals surface area contributed by atoms with Gasteiger partial charge in [0.15, 0.2) is 0 Å². The standard InChI is InChI=1S/C15H17N3O2/c19-15(20)13-2-3-14-12(10-13)4-8-18(14)7-1-6-17-9-5-16-11-17/h2-3,5,9-11H,1,4,6-8H2,(H,19,20). The fraction of sp³-hybridized carbons (Fsp3) is 0.333. The first-order chi connectivity index (χ1) is 9.74. The number of aromatic nitrogens is 2. The topological polar surface area (TPSA) is 58.4 Å². The van der Waals surface area contributed by atoms with Gasteiger partial charge in [-0.2, -0.15) is 0 Å². The Balaban J connectivity index is 1.62. The Kier molecular flexibility index (Phi) is 3.41. The lowest BCUT2D eigenvalue weighted by Crippen LogP contribution is -2.22. The van der Waals surface area contributed by atoms with Crippen molar-refractivity contribution >= 4 is 11.7 Å². The maximum Gasteiger partial charge on any atom is 0.335 e. The van der Waals surface area contributed by atoms with E-state index in [1.54, 1.807) is 18.3 Å². The molecule has 2 heterocycles. The van der Waals surface area contributed by atoms with E-state index in [4.69, 9.17) is 5.11 Å². The van der Waals surface area contributed by atoms with Crippen LogP contribution in [-0.2, 0) is 13.0 Å². The normalized spacial score (nSPS) is 13.5. The second kappa shape index (κ2) is 5.36. The smallest absolute Gasteiger partial charge is 0.335 e. The molecule has 5 nitrogen and oxygen atoms in total. The van der Waals surface area contributed by atoms with Crippen molar-refractivity contribution in [1.82, 2.24) is 9.55 Å². The van der Waals surface area contributed by atoms with Crippen LogP contribution in [0.5, 0.6) is 0 Å². The van der Waals surface area contributed by atoms with Crippen LogP contribution in [-0.4, -0.2) is 33.7 Å². The highest BCUT2D eigenvalue weighted by molar-refractivity contribution is 5.88. The lowest BCUT2D eigenvalue weighted by atomic mass is 10.1. The first-order valence-corrected chi connectivity index (χ1v) is 6.81. The number of aryl methyl sites for hydroxylation is 1. The van der Waals surface area contributed by atoms with Crippen molar-refractivity contribution in [2.24, 2.45) is 0 Å². The molecule has 3 rings (SSSR count). The summed E-state index contributed by atoms with van der Waals surface area (Å²) in [4.78, 5) is 17.3. The van der Waals surface area contributed by atoms with Crippen LogP contribution in [0.15, 0.2) is 36.9 Å². The molecule has 1 aliphatic heterocycles. The highest BCUT2D eigenvalue weighted by Crippen LogP contribution is 2.28. The van der Waals surface area contributed by atoms with E-state index in [1.807, 2.05) is 18.6 Å². The number of hydrogen-bond donors (Lipinski definition) is 1. The van der Waals surface area contributed by atoms with Gasteiger partial charge in [0, 0.05) is 37.7 Å². The summed E-state index contributed by atoms with van der Waals surface area (Å²) in [7, 11) is 0. The molecule has 0 spiro atoms. The Morgan fingerprint density at radius 1 is 1.35 bits per heavy atom. The maximum absolute atomic E-state index is 11.0. The Morgan fingerprint density at radius 2 is 2.25 bits per heavy atom. The molecule has 0 radical (unpaired) electrons. The van der Waals surface area contributed by atoms with E-state index in [2.05, 4.69) is 14.5 Å². The van der Waals surface area contributed by atoms with E-state index in [0.29, 0.717) is 5.56 Å². The molecule has 1 N–H and O–H groups in total. The lowest BCUT2D eigenvalue weighted by molar-refractivity contribution is 0.0697. The number of carboxylic acids is 1. The van der Waals surface area contributed by atoms with Crippen molar-refractivity contribution in [3.63, 3.8) is 0 Å². The molecule has 0 atom stereocenters. The van der Waals surface area contributed by atoms with Crippen LogP contribution in [0, 0.1) is 0 Å². The number of benzene rings is 1. The van der Waals surface area contributed by atoms with Crippen molar-refractivity contribution in [2.75, 3.05) is 18.0 Å². The number of carboxylic acid groups (broad SMARTS) is 1. The highest BCUT2D eigenvalue weighted by atomic mass is 16.4. The lowest BCUT2D eigenvalue weighted by Gasteiger charge is -2.19. The van der Waals surface area contributed by atoms with Gasteiger partial charge < -0.3 is 14.6 Å². The summed E-state index contributed by atoms with van der Waals surface area (Å²) >= 11 is 0. The van der Waals surface area contributed by atoms with Gasteiger partial charge in [0.1, 0.15) is 0 Å². The largest absolute Gasteiger partial charge is 0.478 e. The molecule has 0 bridgehead atoms. The summed E-state index contributed by atoms with van der Waals surface area (Å²) in [5, 5.41) is 9.01. The van der Waals surface area contributed by atoms with Gasteiger partial charge in [0.05, 0.1) is 11.9 Å². The number of rotatable bonds is 5. The Morgan fingerprint density at radius 3 is 3.00 bits per heavy atom. The highest BCUT2D eigenvalue weighted by Gasteiger charge is 2.19. The van der Waals surface area contributed by atoms with E-state index in [-0.39, 0.29) is 0 Å². The zero-order valence-corrected chi connectivity index (χ0v) is 11.2. The maximum atomic E-state index is 11.0. The quantitative estimate of drug-likeness (QED) is 0.904. The zero-order valence-electron chi connectivity index (χ0n) is 11.2. The molecule has 0 amide bonds. The average molecular weight is 271 g/mol. The van der Waals surface area contributed by atoms with Crippen molar-refractivity contribution in [3.8, 4) is 0 Å². The first-order valence-electron chi connectivity index (χ1n) is 6.81. The Hall–Kier alpha value is -2.30. The predicted octanol–water partition coefficient (Wildman–Crippen LogP) is 2.03. The van der Waals surface area contributed by atoms with Crippen molar-refractivity contribution in [1.29, 1.82) is 0 Å². The fourth-order valence-electron chi connectivity index (χ4n) is 2.70. The van der Waals surface area contributed by atoms with E-state index in [0.717, 1.165) is 38.0 Å². The third-order valence-electron chi connectivity index (χ3n) is 3.72. The molecule has 5 heteroatoms. The molecule has 0 saturated heterocycles. The summed E-state index contributed by atoms with van der Waals surface area (Å²) in [6, 6.07) is 5.42. The van der Waals surface area contributed by atoms with Crippen molar-refractivity contribution in [3.05, 3.63) is 48.0 Å². The molecule has 0 saturated carbocycles. The van der Waals surface area contributed by atoms with E-state index >= 15 is 0 Å². The van der Waals surface area contributed by atoms with Gasteiger partial charge in [-0.1, -0.05) is 0 Å². The SMILES string of the molecule is O=C(O)c1ccc2c(c1)CCN2CCCn1ccnc1. The molecule has 104 valence electrons. The van der Waals surface area contributed by atoms with Gasteiger partial charge in [0.2, 0.25) is 0 Å². The van der Waals surface area contributed by atoms with Gasteiger partial charge in [0.25, 0.3) is 0 Å². The van der Waals surface area contributed by atoms with Crippen LogP contribution < -0.4 is 4.90 Å². The molecule has 0 fully saturated rings. The van der Waals surface area contributed by atoms with Crippen LogP contribution in [0.25, 0.3) is 0 Å². The van der Waals surface area contributed by atoms with Crippen LogP contribution in [0.2, 0.25) is 0 Å². The minimum atomic E-state index is -0.855. The third kappa shape index (κ3) is 2.52. The number of hydrogen-bond acceptors (Lipinski definition) is 3. The second-order valence-corrected chi connectivity index (χ2v) is 5.04. The molecule has 1 aliphatic rings. The fourth-order valence-corrected chi connectivity index (χ4v) is 2.70. The summed E-state index contributed by atoms with van der Waals surface area (Å²) in [5.74, 6) is -0.855. The molecule has 20 heavy (non-hydrogen) atoms. The molecular formula is C15H17N3O2. The number of aromatic carboxylic acids is 1. The monoisotopic (exact) mass is 271 g/mol. The van der Waals surface area contributed by atoms with Gasteiger partial charge >= 0.3 is 5.97 Å². The zero-order chi connectivity index (χ0) is 13.9. The van der Waals surface area contributed by atoms with E-state index in [9.17, 15) is 4.79 Å². The summed E-state index contributed by atoms with van der Waals surface area (Å²) in [5.41, 5.74) is 2.71.